The molecule has 0 unspecified atom stereocenters. The van der Waals surface area contributed by atoms with E-state index in [1.54, 1.807) is 6.26 Å². The van der Waals surface area contributed by atoms with Crippen molar-refractivity contribution in [1.29, 1.82) is 0 Å². The number of rotatable bonds is 2. The van der Waals surface area contributed by atoms with Crippen LogP contribution >= 0.6 is 0 Å². The van der Waals surface area contributed by atoms with E-state index < -0.39 is 0 Å². The molecule has 0 aliphatic carbocycles. The summed E-state index contributed by atoms with van der Waals surface area (Å²) in [7, 11) is 2.15. The molecule has 1 aromatic heterocycles. The highest BCUT2D eigenvalue weighted by Gasteiger charge is 2.22. The monoisotopic (exact) mass is 195 g/mol. The Morgan fingerprint density at radius 2 is 2.29 bits per heavy atom. The summed E-state index contributed by atoms with van der Waals surface area (Å²) in [4.78, 5) is 6.70. The Hall–Kier alpha value is -0.870. The lowest BCUT2D eigenvalue weighted by Gasteiger charge is -2.26. The minimum Gasteiger partial charge on any atom is -0.448 e. The van der Waals surface area contributed by atoms with Crippen molar-refractivity contribution >= 4 is 0 Å². The fourth-order valence-electron chi connectivity index (χ4n) is 1.86. The predicted octanol–water partition coefficient (Wildman–Crippen LogP) is 0.942. The lowest BCUT2D eigenvalue weighted by atomic mass is 9.97. The van der Waals surface area contributed by atoms with Crippen molar-refractivity contribution in [2.24, 2.45) is 5.73 Å². The fourth-order valence-corrected chi connectivity index (χ4v) is 1.86. The molecule has 0 bridgehead atoms. The van der Waals surface area contributed by atoms with Crippen molar-refractivity contribution in [3.8, 4) is 0 Å². The summed E-state index contributed by atoms with van der Waals surface area (Å²) in [6, 6.07) is 0. The zero-order chi connectivity index (χ0) is 9.97. The topological polar surface area (TPSA) is 55.3 Å². The Morgan fingerprint density at radius 1 is 1.57 bits per heavy atom. The van der Waals surface area contributed by atoms with Crippen LogP contribution in [0.15, 0.2) is 10.7 Å². The third kappa shape index (κ3) is 1.96. The third-order valence-corrected chi connectivity index (χ3v) is 2.85. The Kier molecular flexibility index (Phi) is 2.84. The van der Waals surface area contributed by atoms with Gasteiger partial charge in [-0.3, -0.25) is 0 Å². The van der Waals surface area contributed by atoms with Crippen molar-refractivity contribution in [3.05, 3.63) is 17.8 Å². The van der Waals surface area contributed by atoms with E-state index in [4.69, 9.17) is 10.2 Å². The molecule has 0 saturated carbocycles. The Bertz CT molecular complexity index is 289. The van der Waals surface area contributed by atoms with E-state index in [0.29, 0.717) is 12.5 Å². The second-order valence-corrected chi connectivity index (χ2v) is 3.96. The van der Waals surface area contributed by atoms with Crippen LogP contribution in [0.4, 0.5) is 0 Å². The number of oxazole rings is 1. The van der Waals surface area contributed by atoms with Crippen molar-refractivity contribution in [2.75, 3.05) is 20.1 Å². The van der Waals surface area contributed by atoms with E-state index in [1.807, 2.05) is 0 Å². The molecule has 78 valence electrons. The molecule has 1 aromatic rings. The summed E-state index contributed by atoms with van der Waals surface area (Å²) in [6.07, 6.45) is 3.95. The molecule has 1 aliphatic heterocycles. The summed E-state index contributed by atoms with van der Waals surface area (Å²) in [5, 5.41) is 0. The van der Waals surface area contributed by atoms with Crippen LogP contribution in [-0.2, 0) is 6.54 Å². The Labute approximate surface area is 84.1 Å². The molecule has 1 saturated heterocycles. The third-order valence-electron chi connectivity index (χ3n) is 2.85. The molecular weight excluding hydrogens is 178 g/mol. The molecule has 0 spiro atoms. The van der Waals surface area contributed by atoms with E-state index in [-0.39, 0.29) is 0 Å². The van der Waals surface area contributed by atoms with Crippen LogP contribution in [0.5, 0.6) is 0 Å². The van der Waals surface area contributed by atoms with Crippen LogP contribution in [0.2, 0.25) is 0 Å². The van der Waals surface area contributed by atoms with Gasteiger partial charge in [0, 0.05) is 12.5 Å². The number of likely N-dealkylation sites (tertiary alicyclic amines) is 1. The van der Waals surface area contributed by atoms with Crippen LogP contribution in [0.3, 0.4) is 0 Å². The number of hydrogen-bond donors (Lipinski definition) is 1. The van der Waals surface area contributed by atoms with Crippen LogP contribution in [0, 0.1) is 0 Å². The molecule has 0 radical (unpaired) electrons. The summed E-state index contributed by atoms with van der Waals surface area (Å²) >= 11 is 0. The molecule has 1 fully saturated rings. The first-order valence-electron chi connectivity index (χ1n) is 5.12. The SMILES string of the molecule is CN1CCC(c2nc(CN)co2)CC1. The van der Waals surface area contributed by atoms with Crippen LogP contribution in [-0.4, -0.2) is 30.0 Å². The summed E-state index contributed by atoms with van der Waals surface area (Å²) in [5.74, 6) is 1.37. The highest BCUT2D eigenvalue weighted by atomic mass is 16.3. The van der Waals surface area contributed by atoms with E-state index in [2.05, 4.69) is 16.9 Å². The van der Waals surface area contributed by atoms with Gasteiger partial charge in [-0.2, -0.15) is 0 Å². The van der Waals surface area contributed by atoms with Gasteiger partial charge in [0.05, 0.1) is 5.69 Å². The van der Waals surface area contributed by atoms with Crippen LogP contribution in [0.25, 0.3) is 0 Å². The lowest BCUT2D eigenvalue weighted by Crippen LogP contribution is -2.29. The van der Waals surface area contributed by atoms with Crippen molar-refractivity contribution < 1.29 is 4.42 Å². The molecule has 0 atom stereocenters. The zero-order valence-electron chi connectivity index (χ0n) is 8.57. The van der Waals surface area contributed by atoms with Gasteiger partial charge in [0.1, 0.15) is 6.26 Å². The van der Waals surface area contributed by atoms with E-state index in [1.165, 1.54) is 0 Å². The standard InChI is InChI=1S/C10H17N3O/c1-13-4-2-8(3-5-13)10-12-9(6-11)7-14-10/h7-8H,2-6,11H2,1H3. The predicted molar refractivity (Wildman–Crippen MR) is 53.9 cm³/mol. The molecule has 2 rings (SSSR count). The fraction of sp³-hybridized carbons (Fsp3) is 0.700. The van der Waals surface area contributed by atoms with Gasteiger partial charge in [0.15, 0.2) is 5.89 Å². The molecule has 2 N–H and O–H groups in total. The maximum absolute atomic E-state index is 5.48. The van der Waals surface area contributed by atoms with Crippen LogP contribution in [0.1, 0.15) is 30.3 Å². The molecule has 4 heteroatoms. The molecule has 4 nitrogen and oxygen atoms in total. The number of aromatic nitrogens is 1. The number of nitrogens with two attached hydrogens (primary N) is 1. The van der Waals surface area contributed by atoms with Gasteiger partial charge in [-0.05, 0) is 33.0 Å². The quantitative estimate of drug-likeness (QED) is 0.763. The van der Waals surface area contributed by atoms with Gasteiger partial charge < -0.3 is 15.1 Å². The highest BCUT2D eigenvalue weighted by Crippen LogP contribution is 2.26. The second kappa shape index (κ2) is 4.11. The Morgan fingerprint density at radius 3 is 2.86 bits per heavy atom. The van der Waals surface area contributed by atoms with Gasteiger partial charge >= 0.3 is 0 Å². The highest BCUT2D eigenvalue weighted by molar-refractivity contribution is 5.01. The van der Waals surface area contributed by atoms with E-state index in [9.17, 15) is 0 Å². The van der Waals surface area contributed by atoms with Gasteiger partial charge in [-0.1, -0.05) is 0 Å². The normalized spacial score (nSPS) is 20.1. The van der Waals surface area contributed by atoms with E-state index >= 15 is 0 Å². The largest absolute Gasteiger partial charge is 0.448 e. The minimum absolute atomic E-state index is 0.468. The average Bonchev–Trinajstić information content (AvgIpc) is 2.67. The molecule has 14 heavy (non-hydrogen) atoms. The van der Waals surface area contributed by atoms with E-state index in [0.717, 1.165) is 37.5 Å². The first-order valence-corrected chi connectivity index (χ1v) is 5.12. The smallest absolute Gasteiger partial charge is 0.197 e. The zero-order valence-corrected chi connectivity index (χ0v) is 8.57. The maximum Gasteiger partial charge on any atom is 0.197 e. The van der Waals surface area contributed by atoms with Gasteiger partial charge in [-0.15, -0.1) is 0 Å². The molecular formula is C10H17N3O. The minimum atomic E-state index is 0.468. The summed E-state index contributed by atoms with van der Waals surface area (Å²) < 4.78 is 5.42. The first kappa shape index (κ1) is 9.68. The number of piperidine rings is 1. The second-order valence-electron chi connectivity index (χ2n) is 3.96. The average molecular weight is 195 g/mol. The molecule has 2 heterocycles. The van der Waals surface area contributed by atoms with Gasteiger partial charge in [-0.25, -0.2) is 4.98 Å². The molecule has 1 aliphatic rings. The summed E-state index contributed by atoms with van der Waals surface area (Å²) in [5.41, 5.74) is 6.34. The van der Waals surface area contributed by atoms with Crippen molar-refractivity contribution in [1.82, 2.24) is 9.88 Å². The summed E-state index contributed by atoms with van der Waals surface area (Å²) in [6.45, 7) is 2.73. The van der Waals surface area contributed by atoms with Gasteiger partial charge in [0.2, 0.25) is 0 Å². The Balaban J connectivity index is 2.01. The van der Waals surface area contributed by atoms with Crippen molar-refractivity contribution in [3.63, 3.8) is 0 Å². The number of nitrogens with zero attached hydrogens (tertiary/aromatic N) is 2. The maximum atomic E-state index is 5.48. The number of hydrogen-bond acceptors (Lipinski definition) is 4. The van der Waals surface area contributed by atoms with Gasteiger partial charge in [0.25, 0.3) is 0 Å². The van der Waals surface area contributed by atoms with Crippen molar-refractivity contribution in [2.45, 2.75) is 25.3 Å². The molecule has 0 amide bonds. The van der Waals surface area contributed by atoms with Crippen LogP contribution < -0.4 is 5.73 Å². The molecule has 0 aromatic carbocycles. The first-order chi connectivity index (χ1) is 6.79. The lowest BCUT2D eigenvalue weighted by molar-refractivity contribution is 0.237.